The number of ether oxygens (including phenoxy) is 1. The second-order valence-corrected chi connectivity index (χ2v) is 5.19. The van der Waals surface area contributed by atoms with Crippen LogP contribution in [0.5, 0.6) is 0 Å². The molecular formula is C12H26N2O. The first-order chi connectivity index (χ1) is 7.10. The number of rotatable bonds is 6. The van der Waals surface area contributed by atoms with Gasteiger partial charge in [0.05, 0.1) is 6.61 Å². The normalized spacial score (nSPS) is 22.6. The fraction of sp³-hybridized carbons (Fsp3) is 1.00. The van der Waals surface area contributed by atoms with Crippen molar-refractivity contribution in [2.24, 2.45) is 11.7 Å². The molecule has 0 aromatic carbocycles. The molecule has 0 bridgehead atoms. The molecular weight excluding hydrogens is 188 g/mol. The lowest BCUT2D eigenvalue weighted by Crippen LogP contribution is -2.51. The van der Waals surface area contributed by atoms with Gasteiger partial charge in [0.25, 0.3) is 0 Å². The summed E-state index contributed by atoms with van der Waals surface area (Å²) in [6.45, 7) is 11.6. The summed E-state index contributed by atoms with van der Waals surface area (Å²) in [4.78, 5) is 2.52. The second-order valence-electron chi connectivity index (χ2n) is 5.19. The first kappa shape index (κ1) is 12.9. The van der Waals surface area contributed by atoms with Gasteiger partial charge in [-0.2, -0.15) is 0 Å². The van der Waals surface area contributed by atoms with Crippen LogP contribution >= 0.6 is 0 Å². The molecule has 1 aliphatic heterocycles. The van der Waals surface area contributed by atoms with Gasteiger partial charge in [0.2, 0.25) is 0 Å². The predicted octanol–water partition coefficient (Wildman–Crippen LogP) is 1.47. The molecule has 0 aromatic rings. The molecule has 3 heteroatoms. The molecule has 2 N–H and O–H groups in total. The fourth-order valence-corrected chi connectivity index (χ4v) is 2.08. The summed E-state index contributed by atoms with van der Waals surface area (Å²) in [5.74, 6) is 0.711. The molecule has 0 radical (unpaired) electrons. The first-order valence-electron chi connectivity index (χ1n) is 6.13. The van der Waals surface area contributed by atoms with Crippen LogP contribution in [0.15, 0.2) is 0 Å². The van der Waals surface area contributed by atoms with Crippen LogP contribution in [0.25, 0.3) is 0 Å². The van der Waals surface area contributed by atoms with E-state index in [2.05, 4.69) is 25.7 Å². The van der Waals surface area contributed by atoms with Crippen LogP contribution in [0, 0.1) is 5.92 Å². The van der Waals surface area contributed by atoms with Crippen LogP contribution in [0.1, 0.15) is 33.6 Å². The average Bonchev–Trinajstić information content (AvgIpc) is 2.70. The smallest absolute Gasteiger partial charge is 0.0507 e. The first-order valence-corrected chi connectivity index (χ1v) is 6.13. The van der Waals surface area contributed by atoms with Crippen molar-refractivity contribution in [1.82, 2.24) is 4.90 Å². The van der Waals surface area contributed by atoms with Crippen LogP contribution in [0.2, 0.25) is 0 Å². The van der Waals surface area contributed by atoms with Gasteiger partial charge >= 0.3 is 0 Å². The van der Waals surface area contributed by atoms with E-state index in [0.29, 0.717) is 5.92 Å². The molecule has 1 heterocycles. The largest absolute Gasteiger partial charge is 0.381 e. The highest BCUT2D eigenvalue weighted by atomic mass is 16.5. The zero-order chi connectivity index (χ0) is 11.3. The zero-order valence-electron chi connectivity index (χ0n) is 10.5. The Morgan fingerprint density at radius 2 is 2.20 bits per heavy atom. The monoisotopic (exact) mass is 214 g/mol. The lowest BCUT2D eigenvalue weighted by atomic mass is 9.99. The molecule has 0 saturated carbocycles. The molecule has 0 amide bonds. The minimum absolute atomic E-state index is 0.124. The average molecular weight is 214 g/mol. The molecule has 0 aliphatic carbocycles. The highest BCUT2D eigenvalue weighted by Gasteiger charge is 2.28. The topological polar surface area (TPSA) is 38.5 Å². The molecule has 90 valence electrons. The van der Waals surface area contributed by atoms with Crippen LogP contribution in [-0.2, 0) is 4.74 Å². The third-order valence-electron chi connectivity index (χ3n) is 3.35. The van der Waals surface area contributed by atoms with E-state index in [1.807, 2.05) is 0 Å². The lowest BCUT2D eigenvalue weighted by Gasteiger charge is -2.39. The maximum atomic E-state index is 5.84. The van der Waals surface area contributed by atoms with Gasteiger partial charge in [-0.25, -0.2) is 0 Å². The summed E-state index contributed by atoms with van der Waals surface area (Å²) in [6, 6.07) is 0. The Morgan fingerprint density at radius 3 is 2.67 bits per heavy atom. The molecule has 1 fully saturated rings. The van der Waals surface area contributed by atoms with E-state index in [1.165, 1.54) is 12.8 Å². The van der Waals surface area contributed by atoms with Gasteiger partial charge in [-0.05, 0) is 39.2 Å². The highest BCUT2D eigenvalue weighted by molar-refractivity contribution is 4.84. The lowest BCUT2D eigenvalue weighted by molar-refractivity contribution is 0.0968. The van der Waals surface area contributed by atoms with Crippen molar-refractivity contribution in [2.75, 3.05) is 32.8 Å². The minimum Gasteiger partial charge on any atom is -0.381 e. The molecule has 3 nitrogen and oxygen atoms in total. The minimum atomic E-state index is 0.124. The fourth-order valence-electron chi connectivity index (χ4n) is 2.08. The van der Waals surface area contributed by atoms with E-state index < -0.39 is 0 Å². The standard InChI is InChI=1S/C12H26N2O/c1-4-6-14(12(2,3)10-13)8-11-5-7-15-9-11/h11H,4-10,13H2,1-3H3. The molecule has 1 atom stereocenters. The van der Waals surface area contributed by atoms with Crippen molar-refractivity contribution in [2.45, 2.75) is 39.2 Å². The molecule has 1 aliphatic rings. The number of nitrogens with zero attached hydrogens (tertiary/aromatic N) is 1. The Balaban J connectivity index is 2.48. The van der Waals surface area contributed by atoms with E-state index in [4.69, 9.17) is 10.5 Å². The van der Waals surface area contributed by atoms with Crippen LogP contribution in [0.3, 0.4) is 0 Å². The Hall–Kier alpha value is -0.120. The van der Waals surface area contributed by atoms with Crippen molar-refractivity contribution < 1.29 is 4.74 Å². The van der Waals surface area contributed by atoms with Gasteiger partial charge in [0.1, 0.15) is 0 Å². The summed E-state index contributed by atoms with van der Waals surface area (Å²) in [6.07, 6.45) is 2.40. The summed E-state index contributed by atoms with van der Waals surface area (Å²) >= 11 is 0. The van der Waals surface area contributed by atoms with Crippen LogP contribution in [-0.4, -0.2) is 43.3 Å². The van der Waals surface area contributed by atoms with Gasteiger partial charge < -0.3 is 10.5 Å². The van der Waals surface area contributed by atoms with Gasteiger partial charge in [0.15, 0.2) is 0 Å². The van der Waals surface area contributed by atoms with Gasteiger partial charge in [-0.3, -0.25) is 4.90 Å². The molecule has 1 rings (SSSR count). The van der Waals surface area contributed by atoms with E-state index in [0.717, 1.165) is 32.8 Å². The van der Waals surface area contributed by atoms with Crippen molar-refractivity contribution in [1.29, 1.82) is 0 Å². The van der Waals surface area contributed by atoms with Gasteiger partial charge in [-0.15, -0.1) is 0 Å². The predicted molar refractivity (Wildman–Crippen MR) is 63.9 cm³/mol. The SMILES string of the molecule is CCCN(CC1CCOC1)C(C)(C)CN. The Labute approximate surface area is 94.0 Å². The Bertz CT molecular complexity index is 176. The van der Waals surface area contributed by atoms with Crippen molar-refractivity contribution >= 4 is 0 Å². The van der Waals surface area contributed by atoms with E-state index in [1.54, 1.807) is 0 Å². The summed E-state index contributed by atoms with van der Waals surface area (Å²) < 4.78 is 5.42. The van der Waals surface area contributed by atoms with Crippen molar-refractivity contribution in [3.8, 4) is 0 Å². The maximum Gasteiger partial charge on any atom is 0.0507 e. The Morgan fingerprint density at radius 1 is 1.47 bits per heavy atom. The molecule has 0 aromatic heterocycles. The number of nitrogens with two attached hydrogens (primary N) is 1. The second kappa shape index (κ2) is 5.83. The summed E-state index contributed by atoms with van der Waals surface area (Å²) in [5, 5.41) is 0. The molecule has 15 heavy (non-hydrogen) atoms. The zero-order valence-corrected chi connectivity index (χ0v) is 10.5. The van der Waals surface area contributed by atoms with Crippen LogP contribution in [0.4, 0.5) is 0 Å². The van der Waals surface area contributed by atoms with E-state index >= 15 is 0 Å². The summed E-state index contributed by atoms with van der Waals surface area (Å²) in [5.41, 5.74) is 5.96. The van der Waals surface area contributed by atoms with Crippen molar-refractivity contribution in [3.63, 3.8) is 0 Å². The molecule has 0 spiro atoms. The van der Waals surface area contributed by atoms with E-state index in [-0.39, 0.29) is 5.54 Å². The number of hydrogen-bond donors (Lipinski definition) is 1. The quantitative estimate of drug-likeness (QED) is 0.728. The third kappa shape index (κ3) is 3.74. The summed E-state index contributed by atoms with van der Waals surface area (Å²) in [7, 11) is 0. The van der Waals surface area contributed by atoms with Gasteiger partial charge in [-0.1, -0.05) is 6.92 Å². The highest BCUT2D eigenvalue weighted by Crippen LogP contribution is 2.20. The van der Waals surface area contributed by atoms with E-state index in [9.17, 15) is 0 Å². The Kier molecular flexibility index (Phi) is 5.03. The number of hydrogen-bond acceptors (Lipinski definition) is 3. The molecule has 1 saturated heterocycles. The van der Waals surface area contributed by atoms with Crippen LogP contribution < -0.4 is 5.73 Å². The van der Waals surface area contributed by atoms with Crippen molar-refractivity contribution in [3.05, 3.63) is 0 Å². The maximum absolute atomic E-state index is 5.84. The molecule has 1 unspecified atom stereocenters. The third-order valence-corrected chi connectivity index (χ3v) is 3.35. The van der Waals surface area contributed by atoms with Gasteiger partial charge in [0, 0.05) is 25.2 Å².